The second-order valence-electron chi connectivity index (χ2n) is 15.8. The van der Waals surface area contributed by atoms with Crippen LogP contribution in [0.25, 0.3) is 120 Å². The molecule has 12 rings (SSSR count). The largest absolute Gasteiger partial charge is 0.136 e. The highest BCUT2D eigenvalue weighted by molar-refractivity contribution is 7.21. The Hall–Kier alpha value is -6.58. The van der Waals surface area contributed by atoms with Gasteiger partial charge in [-0.05, 0) is 137 Å². The first-order valence-corrected chi connectivity index (χ1v) is 22.1. The Morgan fingerprint density at radius 1 is 0.492 bits per heavy atom. The summed E-state index contributed by atoms with van der Waals surface area (Å²) in [5.41, 5.74) is 13.1. The minimum absolute atomic E-state index is 1.12. The summed E-state index contributed by atoms with van der Waals surface area (Å²) in [6.45, 7) is 6.63. The zero-order valence-electron chi connectivity index (χ0n) is 32.7. The summed E-state index contributed by atoms with van der Waals surface area (Å²) >= 11 is 3.78. The molecular weight excluding hydrogens is 749 g/mol. The molecule has 0 fully saturated rings. The van der Waals surface area contributed by atoms with E-state index in [-0.39, 0.29) is 0 Å². The topological polar surface area (TPSA) is 0 Å². The van der Waals surface area contributed by atoms with Crippen LogP contribution in [0.4, 0.5) is 0 Å². The summed E-state index contributed by atoms with van der Waals surface area (Å²) in [4.78, 5) is 2.65. The minimum atomic E-state index is 1.12. The molecule has 0 radical (unpaired) electrons. The zero-order valence-corrected chi connectivity index (χ0v) is 34.3. The Balaban J connectivity index is 1.04. The zero-order chi connectivity index (χ0) is 39.2. The van der Waals surface area contributed by atoms with Gasteiger partial charge in [0.15, 0.2) is 0 Å². The fourth-order valence-corrected chi connectivity index (χ4v) is 12.5. The van der Waals surface area contributed by atoms with Crippen LogP contribution in [0, 0.1) is 6.92 Å². The number of hydrogen-bond donors (Lipinski definition) is 0. The van der Waals surface area contributed by atoms with Crippen molar-refractivity contribution in [2.45, 2.75) is 19.8 Å². The number of fused-ring (bicyclic) bond motifs is 8. The smallest absolute Gasteiger partial charge is 0.0361 e. The van der Waals surface area contributed by atoms with Crippen molar-refractivity contribution in [2.24, 2.45) is 0 Å². The molecule has 11 aromatic rings. The molecule has 278 valence electrons. The highest BCUT2D eigenvalue weighted by Gasteiger charge is 2.23. The molecule has 0 saturated carbocycles. The number of hydrogen-bond acceptors (Lipinski definition) is 2. The van der Waals surface area contributed by atoms with Crippen molar-refractivity contribution >= 4 is 98.1 Å². The molecule has 9 aromatic carbocycles. The van der Waals surface area contributed by atoms with Crippen LogP contribution in [0.5, 0.6) is 0 Å². The SMILES string of the molecule is C=Cc1sc2cc(-c3ccc(-c4c5ccccc5c(-c5cccc6ccccc56)c5ccccc45)c4ccccc34)ccc2c1-c1ccc2sc3c(c2c1C)CCC=C3. The Bertz CT molecular complexity index is 3530. The summed E-state index contributed by atoms with van der Waals surface area (Å²) in [5, 5.41) is 12.9. The highest BCUT2D eigenvalue weighted by atomic mass is 32.1. The molecule has 0 aliphatic heterocycles. The molecule has 0 spiro atoms. The molecule has 2 heteroatoms. The summed E-state index contributed by atoms with van der Waals surface area (Å²) in [6.07, 6.45) is 8.93. The van der Waals surface area contributed by atoms with E-state index in [0.29, 0.717) is 0 Å². The Kier molecular flexibility index (Phi) is 7.88. The van der Waals surface area contributed by atoms with Crippen molar-refractivity contribution in [3.63, 3.8) is 0 Å². The third kappa shape index (κ3) is 5.20. The van der Waals surface area contributed by atoms with Crippen molar-refractivity contribution in [3.05, 3.63) is 191 Å². The summed E-state index contributed by atoms with van der Waals surface area (Å²) in [7, 11) is 0. The molecule has 59 heavy (non-hydrogen) atoms. The molecule has 2 heterocycles. The average Bonchev–Trinajstić information content (AvgIpc) is 3.86. The van der Waals surface area contributed by atoms with Crippen molar-refractivity contribution in [1.29, 1.82) is 0 Å². The van der Waals surface area contributed by atoms with Crippen molar-refractivity contribution in [1.82, 2.24) is 0 Å². The standard InChI is InChI=1S/C57H38S2/c1-3-50-57(37-31-32-52-54(34(37)2)48-24-12-13-26-51(48)59-52)49-28-27-36(33-53(49)58-50)39-29-30-47(41-19-7-6-18-40(39)41)56-45-22-10-8-20-43(45)55(44-21-9-11-23-46(44)56)42-25-14-16-35-15-4-5-17-38(35)42/h3-11,13-23,25-33H,1,12,24H2,2H3. The number of allylic oxidation sites excluding steroid dienone is 1. The maximum absolute atomic E-state index is 4.31. The lowest BCUT2D eigenvalue weighted by atomic mass is 9.83. The van der Waals surface area contributed by atoms with E-state index >= 15 is 0 Å². The van der Waals surface area contributed by atoms with Crippen LogP contribution in [0.1, 0.15) is 27.3 Å². The van der Waals surface area contributed by atoms with Gasteiger partial charge in [-0.25, -0.2) is 0 Å². The molecule has 0 saturated heterocycles. The molecule has 0 nitrogen and oxygen atoms in total. The van der Waals surface area contributed by atoms with Crippen molar-refractivity contribution in [3.8, 4) is 44.5 Å². The van der Waals surface area contributed by atoms with Crippen molar-refractivity contribution < 1.29 is 0 Å². The minimum Gasteiger partial charge on any atom is -0.136 e. The predicted molar refractivity (Wildman–Crippen MR) is 261 cm³/mol. The van der Waals surface area contributed by atoms with E-state index in [1.807, 2.05) is 22.7 Å². The van der Waals surface area contributed by atoms with Gasteiger partial charge in [0.05, 0.1) is 0 Å². The summed E-state index contributed by atoms with van der Waals surface area (Å²) in [5.74, 6) is 0. The lowest BCUT2D eigenvalue weighted by Gasteiger charge is -2.20. The van der Waals surface area contributed by atoms with E-state index in [1.54, 1.807) is 0 Å². The van der Waals surface area contributed by atoms with Crippen molar-refractivity contribution in [2.75, 3.05) is 0 Å². The van der Waals surface area contributed by atoms with Crippen LogP contribution in [0.15, 0.2) is 170 Å². The maximum atomic E-state index is 4.31. The Morgan fingerprint density at radius 2 is 1.08 bits per heavy atom. The molecule has 1 aliphatic carbocycles. The van der Waals surface area contributed by atoms with Crippen LogP contribution in [-0.4, -0.2) is 0 Å². The van der Waals surface area contributed by atoms with Crippen LogP contribution in [-0.2, 0) is 6.42 Å². The third-order valence-electron chi connectivity index (χ3n) is 12.7. The predicted octanol–water partition coefficient (Wildman–Crippen LogP) is 17.3. The average molecular weight is 787 g/mol. The van der Waals surface area contributed by atoms with Crippen LogP contribution >= 0.6 is 22.7 Å². The molecule has 0 bridgehead atoms. The lowest BCUT2D eigenvalue weighted by Crippen LogP contribution is -1.93. The van der Waals surface area contributed by atoms with Gasteiger partial charge in [0.2, 0.25) is 0 Å². The molecule has 0 amide bonds. The monoisotopic (exact) mass is 786 g/mol. The fraction of sp³-hybridized carbons (Fsp3) is 0.0526. The molecular formula is C57H38S2. The van der Waals surface area contributed by atoms with Gasteiger partial charge in [-0.2, -0.15) is 0 Å². The van der Waals surface area contributed by atoms with E-state index in [1.165, 1.54) is 129 Å². The van der Waals surface area contributed by atoms with E-state index in [0.717, 1.165) is 12.8 Å². The number of benzene rings is 9. The summed E-state index contributed by atoms with van der Waals surface area (Å²) < 4.78 is 2.68. The van der Waals surface area contributed by atoms with E-state index < -0.39 is 0 Å². The first kappa shape index (κ1) is 34.5. The molecule has 0 atom stereocenters. The van der Waals surface area contributed by atoms with Gasteiger partial charge in [0, 0.05) is 30.1 Å². The van der Waals surface area contributed by atoms with Gasteiger partial charge in [0.25, 0.3) is 0 Å². The normalized spacial score (nSPS) is 12.7. The van der Waals surface area contributed by atoms with Gasteiger partial charge < -0.3 is 0 Å². The first-order valence-electron chi connectivity index (χ1n) is 20.5. The van der Waals surface area contributed by atoms with E-state index in [2.05, 4.69) is 189 Å². The van der Waals surface area contributed by atoms with Crippen LogP contribution < -0.4 is 0 Å². The van der Waals surface area contributed by atoms with Gasteiger partial charge in [-0.15, -0.1) is 22.7 Å². The fourth-order valence-electron chi connectivity index (χ4n) is 10.1. The van der Waals surface area contributed by atoms with Gasteiger partial charge >= 0.3 is 0 Å². The Morgan fingerprint density at radius 3 is 1.80 bits per heavy atom. The molecule has 0 N–H and O–H groups in total. The quantitative estimate of drug-likeness (QED) is 0.152. The second-order valence-corrected chi connectivity index (χ2v) is 18.0. The van der Waals surface area contributed by atoms with Crippen LogP contribution in [0.2, 0.25) is 0 Å². The van der Waals surface area contributed by atoms with E-state index in [4.69, 9.17) is 0 Å². The molecule has 2 aromatic heterocycles. The number of rotatable bonds is 5. The first-order chi connectivity index (χ1) is 29.2. The Labute approximate surface area is 351 Å². The molecule has 0 unspecified atom stereocenters. The number of thiophene rings is 2. The summed E-state index contributed by atoms with van der Waals surface area (Å²) in [6, 6.07) is 59.0. The van der Waals surface area contributed by atoms with Crippen LogP contribution in [0.3, 0.4) is 0 Å². The number of aryl methyl sites for hydroxylation is 2. The van der Waals surface area contributed by atoms with Gasteiger partial charge in [-0.1, -0.05) is 164 Å². The maximum Gasteiger partial charge on any atom is 0.0361 e. The van der Waals surface area contributed by atoms with Gasteiger partial charge in [-0.3, -0.25) is 0 Å². The van der Waals surface area contributed by atoms with E-state index in [9.17, 15) is 0 Å². The molecule has 1 aliphatic rings. The highest BCUT2D eigenvalue weighted by Crippen LogP contribution is 2.49. The second kappa shape index (κ2) is 13.5. The van der Waals surface area contributed by atoms with Gasteiger partial charge in [0.1, 0.15) is 0 Å². The lowest BCUT2D eigenvalue weighted by molar-refractivity contribution is 1.00. The third-order valence-corrected chi connectivity index (χ3v) is 15.1.